The zero-order chi connectivity index (χ0) is 22.1. The second kappa shape index (κ2) is 8.53. The molecule has 0 saturated carbocycles. The monoisotopic (exact) mass is 458 g/mol. The number of imidazole rings is 1. The lowest BCUT2D eigenvalue weighted by Gasteiger charge is -2.10. The van der Waals surface area contributed by atoms with Crippen LogP contribution < -0.4 is 5.32 Å². The Hall–Kier alpha value is -3.16. The van der Waals surface area contributed by atoms with Crippen LogP contribution in [0, 0.1) is 19.7 Å². The fourth-order valence-electron chi connectivity index (χ4n) is 3.29. The SMILES string of the molecule is Cc1onc(-c2c(Cl)cccc2Cl)c1C(=O)NCc1ccc(-n2ccnc2C)c(F)c1. The highest BCUT2D eigenvalue weighted by atomic mass is 35.5. The van der Waals surface area contributed by atoms with Gasteiger partial charge in [-0.25, -0.2) is 9.37 Å². The number of hydrogen-bond donors (Lipinski definition) is 1. The Labute approximate surface area is 187 Å². The third-order valence-electron chi connectivity index (χ3n) is 4.84. The average molecular weight is 459 g/mol. The topological polar surface area (TPSA) is 73.0 Å². The summed E-state index contributed by atoms with van der Waals surface area (Å²) < 4.78 is 21.5. The van der Waals surface area contributed by atoms with E-state index < -0.39 is 11.7 Å². The summed E-state index contributed by atoms with van der Waals surface area (Å²) in [5, 5.41) is 7.44. The maximum absolute atomic E-state index is 14.6. The highest BCUT2D eigenvalue weighted by Gasteiger charge is 2.24. The number of hydrogen-bond acceptors (Lipinski definition) is 4. The van der Waals surface area contributed by atoms with Crippen molar-refractivity contribution >= 4 is 29.1 Å². The number of rotatable bonds is 5. The molecule has 0 atom stereocenters. The van der Waals surface area contributed by atoms with Crippen molar-refractivity contribution in [3.63, 3.8) is 0 Å². The van der Waals surface area contributed by atoms with E-state index in [0.717, 1.165) is 0 Å². The van der Waals surface area contributed by atoms with E-state index in [9.17, 15) is 9.18 Å². The molecule has 31 heavy (non-hydrogen) atoms. The smallest absolute Gasteiger partial charge is 0.257 e. The quantitative estimate of drug-likeness (QED) is 0.427. The van der Waals surface area contributed by atoms with Gasteiger partial charge >= 0.3 is 0 Å². The lowest BCUT2D eigenvalue weighted by molar-refractivity contribution is 0.0950. The van der Waals surface area contributed by atoms with Crippen molar-refractivity contribution in [3.05, 3.63) is 87.4 Å². The Morgan fingerprint density at radius 1 is 1.19 bits per heavy atom. The zero-order valence-electron chi connectivity index (χ0n) is 16.6. The largest absolute Gasteiger partial charge is 0.360 e. The first kappa shape index (κ1) is 21.1. The minimum absolute atomic E-state index is 0.110. The number of carbonyl (C=O) groups is 1. The molecule has 0 unspecified atom stereocenters. The second-order valence-electron chi connectivity index (χ2n) is 6.87. The van der Waals surface area contributed by atoms with Crippen molar-refractivity contribution in [1.29, 1.82) is 0 Å². The molecule has 2 aromatic carbocycles. The number of carbonyl (C=O) groups excluding carboxylic acids is 1. The number of amides is 1. The first-order valence-electron chi connectivity index (χ1n) is 9.34. The van der Waals surface area contributed by atoms with Crippen LogP contribution in [-0.2, 0) is 6.54 Å². The van der Waals surface area contributed by atoms with Crippen molar-refractivity contribution in [1.82, 2.24) is 20.0 Å². The maximum atomic E-state index is 14.6. The molecule has 1 amide bonds. The summed E-state index contributed by atoms with van der Waals surface area (Å²) in [6.07, 6.45) is 3.29. The molecule has 0 aliphatic carbocycles. The minimum atomic E-state index is -0.431. The second-order valence-corrected chi connectivity index (χ2v) is 7.69. The van der Waals surface area contributed by atoms with Gasteiger partial charge in [-0.1, -0.05) is 40.5 Å². The van der Waals surface area contributed by atoms with E-state index in [2.05, 4.69) is 15.5 Å². The van der Waals surface area contributed by atoms with Crippen LogP contribution in [0.4, 0.5) is 4.39 Å². The highest BCUT2D eigenvalue weighted by Crippen LogP contribution is 2.36. The molecule has 4 rings (SSSR count). The summed E-state index contributed by atoms with van der Waals surface area (Å²) in [6.45, 7) is 3.52. The Balaban J connectivity index is 1.56. The summed E-state index contributed by atoms with van der Waals surface area (Å²) in [7, 11) is 0. The molecule has 0 saturated heterocycles. The lowest BCUT2D eigenvalue weighted by Crippen LogP contribution is -2.24. The van der Waals surface area contributed by atoms with E-state index in [1.54, 1.807) is 61.1 Å². The van der Waals surface area contributed by atoms with Gasteiger partial charge in [0.05, 0.1) is 15.7 Å². The summed E-state index contributed by atoms with van der Waals surface area (Å²) in [4.78, 5) is 17.0. The van der Waals surface area contributed by atoms with Crippen molar-refractivity contribution in [2.24, 2.45) is 0 Å². The highest BCUT2D eigenvalue weighted by molar-refractivity contribution is 6.39. The number of nitrogens with one attached hydrogen (secondary N) is 1. The third-order valence-corrected chi connectivity index (χ3v) is 5.47. The molecule has 0 aliphatic rings. The van der Waals surface area contributed by atoms with Crippen LogP contribution in [0.2, 0.25) is 10.0 Å². The summed E-state index contributed by atoms with van der Waals surface area (Å²) in [6, 6.07) is 9.77. The van der Waals surface area contributed by atoms with Gasteiger partial charge in [-0.05, 0) is 43.7 Å². The van der Waals surface area contributed by atoms with Gasteiger partial charge in [0.15, 0.2) is 0 Å². The van der Waals surface area contributed by atoms with Crippen LogP contribution in [0.3, 0.4) is 0 Å². The minimum Gasteiger partial charge on any atom is -0.360 e. The van der Waals surface area contributed by atoms with E-state index >= 15 is 0 Å². The Kier molecular flexibility index (Phi) is 5.80. The van der Waals surface area contributed by atoms with E-state index in [1.165, 1.54) is 6.07 Å². The van der Waals surface area contributed by atoms with Crippen LogP contribution in [0.1, 0.15) is 27.5 Å². The third kappa shape index (κ3) is 4.06. The Morgan fingerprint density at radius 3 is 2.58 bits per heavy atom. The maximum Gasteiger partial charge on any atom is 0.257 e. The van der Waals surface area contributed by atoms with Crippen LogP contribution in [-0.4, -0.2) is 20.6 Å². The first-order valence-corrected chi connectivity index (χ1v) is 10.1. The molecule has 0 bridgehead atoms. The molecular formula is C22H17Cl2FN4O2. The molecule has 4 aromatic rings. The first-order chi connectivity index (χ1) is 14.9. The van der Waals surface area contributed by atoms with E-state index in [4.69, 9.17) is 27.7 Å². The molecule has 6 nitrogen and oxygen atoms in total. The van der Waals surface area contributed by atoms with Crippen molar-refractivity contribution in [2.75, 3.05) is 0 Å². The normalized spacial score (nSPS) is 11.0. The van der Waals surface area contributed by atoms with Crippen molar-refractivity contribution < 1.29 is 13.7 Å². The van der Waals surface area contributed by atoms with Crippen LogP contribution in [0.5, 0.6) is 0 Å². The van der Waals surface area contributed by atoms with Gasteiger partial charge in [-0.2, -0.15) is 0 Å². The van der Waals surface area contributed by atoms with E-state index in [-0.39, 0.29) is 17.8 Å². The van der Waals surface area contributed by atoms with Gasteiger partial charge in [-0.15, -0.1) is 0 Å². The van der Waals surface area contributed by atoms with Gasteiger partial charge in [0.1, 0.15) is 28.7 Å². The molecule has 0 fully saturated rings. The van der Waals surface area contributed by atoms with Crippen molar-refractivity contribution in [3.8, 4) is 16.9 Å². The molecule has 158 valence electrons. The molecule has 2 aromatic heterocycles. The molecule has 1 N–H and O–H groups in total. The number of halogens is 3. The Bertz CT molecular complexity index is 1260. The molecule has 0 spiro atoms. The van der Waals surface area contributed by atoms with Gasteiger partial charge in [0.25, 0.3) is 5.91 Å². The van der Waals surface area contributed by atoms with Gasteiger partial charge in [0.2, 0.25) is 0 Å². The van der Waals surface area contributed by atoms with Crippen LogP contribution in [0.25, 0.3) is 16.9 Å². The zero-order valence-corrected chi connectivity index (χ0v) is 18.1. The predicted octanol–water partition coefficient (Wildman–Crippen LogP) is 5.52. The Morgan fingerprint density at radius 2 is 1.94 bits per heavy atom. The predicted molar refractivity (Wildman–Crippen MR) is 116 cm³/mol. The van der Waals surface area contributed by atoms with Crippen molar-refractivity contribution in [2.45, 2.75) is 20.4 Å². The molecule has 2 heterocycles. The fraction of sp³-hybridized carbons (Fsp3) is 0.136. The average Bonchev–Trinajstić information content (AvgIpc) is 3.32. The summed E-state index contributed by atoms with van der Waals surface area (Å²) in [5.74, 6) is 0.145. The standard InChI is InChI=1S/C22H17Cl2FN4O2/c1-12-19(21(28-31-12)20-15(23)4-3-5-16(20)24)22(30)27-11-14-6-7-18(17(25)10-14)29-9-8-26-13(29)2/h3-10H,11H2,1-2H3,(H,27,30). The lowest BCUT2D eigenvalue weighted by atomic mass is 10.1. The number of aromatic nitrogens is 3. The molecule has 0 aliphatic heterocycles. The molecule has 0 radical (unpaired) electrons. The number of aryl methyl sites for hydroxylation is 2. The molecule has 9 heteroatoms. The van der Waals surface area contributed by atoms with Gasteiger partial charge in [-0.3, -0.25) is 4.79 Å². The fourth-order valence-corrected chi connectivity index (χ4v) is 3.87. The van der Waals surface area contributed by atoms with Crippen LogP contribution >= 0.6 is 23.2 Å². The number of benzene rings is 2. The van der Waals surface area contributed by atoms with E-state index in [0.29, 0.717) is 38.4 Å². The van der Waals surface area contributed by atoms with Crippen LogP contribution in [0.15, 0.2) is 53.3 Å². The number of nitrogens with zero attached hydrogens (tertiary/aromatic N) is 3. The van der Waals surface area contributed by atoms with Gasteiger partial charge in [0, 0.05) is 24.5 Å². The van der Waals surface area contributed by atoms with Gasteiger partial charge < -0.3 is 14.4 Å². The summed E-state index contributed by atoms with van der Waals surface area (Å²) >= 11 is 12.5. The summed E-state index contributed by atoms with van der Waals surface area (Å²) in [5.41, 5.74) is 1.87. The molecular weight excluding hydrogens is 442 g/mol. The van der Waals surface area contributed by atoms with E-state index in [1.807, 2.05) is 0 Å².